The van der Waals surface area contributed by atoms with Crippen molar-refractivity contribution in [3.63, 3.8) is 0 Å². The Morgan fingerprint density at radius 1 is 1.67 bits per heavy atom. The molecule has 0 aromatic heterocycles. The Morgan fingerprint density at radius 3 is 2.83 bits per heavy atom. The van der Waals surface area contributed by atoms with Crippen LogP contribution in [0.2, 0.25) is 0 Å². The van der Waals surface area contributed by atoms with Crippen LogP contribution in [0.4, 0.5) is 0 Å². The van der Waals surface area contributed by atoms with Gasteiger partial charge in [-0.15, -0.1) is 11.6 Å². The summed E-state index contributed by atoms with van der Waals surface area (Å²) >= 11 is 5.88. The third-order valence-corrected chi connectivity index (χ3v) is 3.15. The fraction of sp³-hybridized carbons (Fsp3) is 1.00. The van der Waals surface area contributed by atoms with Gasteiger partial charge in [0.25, 0.3) is 0 Å². The molecule has 0 aliphatic carbocycles. The second-order valence-electron chi connectivity index (χ2n) is 3.75. The first kappa shape index (κ1) is 10.3. The molecule has 0 saturated carbocycles. The Kier molecular flexibility index (Phi) is 3.81. The van der Waals surface area contributed by atoms with Crippen LogP contribution >= 0.6 is 11.6 Å². The molecule has 2 nitrogen and oxygen atoms in total. The van der Waals surface area contributed by atoms with Gasteiger partial charge < -0.3 is 10.1 Å². The largest absolute Gasteiger partial charge is 0.380 e. The molecule has 1 aliphatic rings. The average Bonchev–Trinajstić information content (AvgIpc) is 2.57. The molecule has 0 bridgehead atoms. The van der Waals surface area contributed by atoms with Crippen molar-refractivity contribution in [2.45, 2.75) is 38.3 Å². The van der Waals surface area contributed by atoms with Crippen molar-refractivity contribution in [1.29, 1.82) is 0 Å². The van der Waals surface area contributed by atoms with Crippen molar-refractivity contribution in [2.24, 2.45) is 0 Å². The van der Waals surface area contributed by atoms with Gasteiger partial charge in [-0.1, -0.05) is 6.92 Å². The third-order valence-electron chi connectivity index (χ3n) is 2.56. The Hall–Kier alpha value is 0.210. The lowest BCUT2D eigenvalue weighted by Gasteiger charge is -2.30. The summed E-state index contributed by atoms with van der Waals surface area (Å²) in [5.74, 6) is 0.667. The van der Waals surface area contributed by atoms with Gasteiger partial charge in [-0.2, -0.15) is 0 Å². The lowest BCUT2D eigenvalue weighted by atomic mass is 10.00. The van der Waals surface area contributed by atoms with Crippen molar-refractivity contribution in [3.8, 4) is 0 Å². The van der Waals surface area contributed by atoms with Gasteiger partial charge >= 0.3 is 0 Å². The van der Waals surface area contributed by atoms with Gasteiger partial charge in [0.2, 0.25) is 0 Å². The quantitative estimate of drug-likeness (QED) is 0.684. The number of hydrogen-bond acceptors (Lipinski definition) is 2. The van der Waals surface area contributed by atoms with E-state index in [1.165, 1.54) is 0 Å². The summed E-state index contributed by atoms with van der Waals surface area (Å²) < 4.78 is 5.29. The van der Waals surface area contributed by atoms with Gasteiger partial charge in [0.05, 0.1) is 6.61 Å². The van der Waals surface area contributed by atoms with E-state index in [1.54, 1.807) is 0 Å². The van der Waals surface area contributed by atoms with Gasteiger partial charge in [-0.3, -0.25) is 0 Å². The summed E-state index contributed by atoms with van der Waals surface area (Å²) in [6, 6.07) is 0.508. The molecule has 2 unspecified atom stereocenters. The Morgan fingerprint density at radius 2 is 2.42 bits per heavy atom. The Balaban J connectivity index is 2.35. The molecule has 12 heavy (non-hydrogen) atoms. The first-order valence-corrected chi connectivity index (χ1v) is 5.15. The molecule has 1 rings (SSSR count). The molecule has 3 heteroatoms. The van der Waals surface area contributed by atoms with Gasteiger partial charge in [0, 0.05) is 24.1 Å². The first-order valence-electron chi connectivity index (χ1n) is 4.61. The number of alkyl halides is 1. The van der Waals surface area contributed by atoms with Crippen LogP contribution in [0.1, 0.15) is 26.7 Å². The lowest BCUT2D eigenvalue weighted by Crippen LogP contribution is -2.49. The van der Waals surface area contributed by atoms with E-state index >= 15 is 0 Å². The van der Waals surface area contributed by atoms with Crippen LogP contribution in [0.15, 0.2) is 0 Å². The van der Waals surface area contributed by atoms with Crippen LogP contribution in [0.5, 0.6) is 0 Å². The second kappa shape index (κ2) is 4.45. The topological polar surface area (TPSA) is 21.3 Å². The number of hydrogen-bond donors (Lipinski definition) is 1. The van der Waals surface area contributed by atoms with Crippen LogP contribution in [-0.4, -0.2) is 30.7 Å². The predicted molar refractivity (Wildman–Crippen MR) is 51.8 cm³/mol. The molecule has 0 aromatic rings. The maximum absolute atomic E-state index is 5.88. The molecule has 1 saturated heterocycles. The summed E-state index contributed by atoms with van der Waals surface area (Å²) in [5, 5.41) is 3.53. The van der Waals surface area contributed by atoms with Crippen molar-refractivity contribution in [2.75, 3.05) is 19.1 Å². The molecule has 1 N–H and O–H groups in total. The summed E-state index contributed by atoms with van der Waals surface area (Å²) in [6.07, 6.45) is 2.18. The predicted octanol–water partition coefficient (Wildman–Crippen LogP) is 1.77. The second-order valence-corrected chi connectivity index (χ2v) is 4.02. The van der Waals surface area contributed by atoms with E-state index in [0.717, 1.165) is 26.1 Å². The number of ether oxygens (including phenoxy) is 1. The van der Waals surface area contributed by atoms with Crippen LogP contribution in [0.25, 0.3) is 0 Å². The number of halogens is 1. The minimum atomic E-state index is 0.0833. The Labute approximate surface area is 79.6 Å². The van der Waals surface area contributed by atoms with Gasteiger partial charge in [-0.25, -0.2) is 0 Å². The molecule has 72 valence electrons. The fourth-order valence-electron chi connectivity index (χ4n) is 1.38. The zero-order chi connectivity index (χ0) is 9.03. The number of rotatable bonds is 4. The summed E-state index contributed by atoms with van der Waals surface area (Å²) in [4.78, 5) is 0. The molecular formula is C9H18ClNO. The van der Waals surface area contributed by atoms with E-state index in [-0.39, 0.29) is 5.54 Å². The zero-order valence-corrected chi connectivity index (χ0v) is 8.66. The van der Waals surface area contributed by atoms with Crippen molar-refractivity contribution in [3.05, 3.63) is 0 Å². The van der Waals surface area contributed by atoms with E-state index in [2.05, 4.69) is 19.2 Å². The molecular weight excluding hydrogens is 174 g/mol. The smallest absolute Gasteiger partial charge is 0.0620 e. The number of nitrogens with one attached hydrogen (secondary N) is 1. The average molecular weight is 192 g/mol. The van der Waals surface area contributed by atoms with Crippen molar-refractivity contribution in [1.82, 2.24) is 5.32 Å². The van der Waals surface area contributed by atoms with Crippen LogP contribution in [-0.2, 0) is 4.74 Å². The van der Waals surface area contributed by atoms with E-state index in [0.29, 0.717) is 11.9 Å². The van der Waals surface area contributed by atoms with Crippen molar-refractivity contribution >= 4 is 11.6 Å². The zero-order valence-electron chi connectivity index (χ0n) is 7.90. The molecule has 1 heterocycles. The van der Waals surface area contributed by atoms with E-state index < -0.39 is 0 Å². The highest BCUT2D eigenvalue weighted by Gasteiger charge is 2.26. The van der Waals surface area contributed by atoms with E-state index in [9.17, 15) is 0 Å². The van der Waals surface area contributed by atoms with Crippen LogP contribution in [0.3, 0.4) is 0 Å². The SMILES string of the molecule is CCC(C)(CCl)NC1CCOC1. The monoisotopic (exact) mass is 191 g/mol. The van der Waals surface area contributed by atoms with E-state index in [1.807, 2.05) is 0 Å². The lowest BCUT2D eigenvalue weighted by molar-refractivity contribution is 0.183. The molecule has 0 aromatic carbocycles. The maximum atomic E-state index is 5.88. The van der Waals surface area contributed by atoms with Crippen LogP contribution in [0, 0.1) is 0 Å². The Bertz CT molecular complexity index is 130. The summed E-state index contributed by atoms with van der Waals surface area (Å²) in [6.45, 7) is 6.05. The van der Waals surface area contributed by atoms with E-state index in [4.69, 9.17) is 16.3 Å². The van der Waals surface area contributed by atoms with Crippen LogP contribution < -0.4 is 5.32 Å². The third kappa shape index (κ3) is 2.61. The standard InChI is InChI=1S/C9H18ClNO/c1-3-9(2,7-10)11-8-4-5-12-6-8/h8,11H,3-7H2,1-2H3. The van der Waals surface area contributed by atoms with Crippen molar-refractivity contribution < 1.29 is 4.74 Å². The first-order chi connectivity index (χ1) is 5.70. The molecule has 0 amide bonds. The summed E-state index contributed by atoms with van der Waals surface area (Å²) in [7, 11) is 0. The molecule has 0 spiro atoms. The summed E-state index contributed by atoms with van der Waals surface area (Å²) in [5.41, 5.74) is 0.0833. The highest BCUT2D eigenvalue weighted by Crippen LogP contribution is 2.15. The highest BCUT2D eigenvalue weighted by molar-refractivity contribution is 6.18. The normalized spacial score (nSPS) is 28.8. The molecule has 1 aliphatic heterocycles. The molecule has 2 atom stereocenters. The van der Waals surface area contributed by atoms with Gasteiger partial charge in [0.15, 0.2) is 0 Å². The highest BCUT2D eigenvalue weighted by atomic mass is 35.5. The van der Waals surface area contributed by atoms with Gasteiger partial charge in [-0.05, 0) is 19.8 Å². The minimum absolute atomic E-state index is 0.0833. The maximum Gasteiger partial charge on any atom is 0.0620 e. The van der Waals surface area contributed by atoms with Gasteiger partial charge in [0.1, 0.15) is 0 Å². The minimum Gasteiger partial charge on any atom is -0.380 e. The molecule has 0 radical (unpaired) electrons. The fourth-order valence-corrected chi connectivity index (χ4v) is 1.64. The molecule has 1 fully saturated rings.